The van der Waals surface area contributed by atoms with Crippen molar-refractivity contribution in [3.8, 4) is 5.69 Å². The molecule has 0 bridgehead atoms. The fourth-order valence-corrected chi connectivity index (χ4v) is 2.40. The van der Waals surface area contributed by atoms with Gasteiger partial charge in [-0.05, 0) is 56.0 Å². The molecule has 1 heterocycles. The van der Waals surface area contributed by atoms with Gasteiger partial charge < -0.3 is 11.1 Å². The second-order valence-corrected chi connectivity index (χ2v) is 5.64. The van der Waals surface area contributed by atoms with Crippen LogP contribution in [-0.4, -0.2) is 28.3 Å². The maximum Gasteiger partial charge on any atom is 0.251 e. The highest BCUT2D eigenvalue weighted by Crippen LogP contribution is 2.31. The Morgan fingerprint density at radius 1 is 1.36 bits per heavy atom. The lowest BCUT2D eigenvalue weighted by atomic mass is 10.1. The quantitative estimate of drug-likeness (QED) is 0.885. The Bertz CT molecular complexity index is 634. The van der Waals surface area contributed by atoms with Crippen molar-refractivity contribution >= 4 is 18.3 Å². The largest absolute Gasteiger partial charge is 0.350 e. The van der Waals surface area contributed by atoms with E-state index in [2.05, 4.69) is 10.4 Å². The maximum absolute atomic E-state index is 12.1. The van der Waals surface area contributed by atoms with Crippen molar-refractivity contribution in [3.63, 3.8) is 0 Å². The van der Waals surface area contributed by atoms with Gasteiger partial charge in [0.1, 0.15) is 0 Å². The van der Waals surface area contributed by atoms with Crippen LogP contribution >= 0.6 is 12.4 Å². The van der Waals surface area contributed by atoms with Crippen LogP contribution in [0.4, 0.5) is 0 Å². The topological polar surface area (TPSA) is 72.9 Å². The highest BCUT2D eigenvalue weighted by molar-refractivity contribution is 5.94. The van der Waals surface area contributed by atoms with Crippen molar-refractivity contribution in [2.24, 2.45) is 11.7 Å². The Morgan fingerprint density at radius 2 is 2.05 bits per heavy atom. The highest BCUT2D eigenvalue weighted by Gasteiger charge is 2.28. The number of nitrogens with one attached hydrogen (secondary N) is 1. The average molecular weight is 321 g/mol. The number of aromatic nitrogens is 2. The minimum atomic E-state index is -0.0742. The number of amides is 1. The first-order valence-corrected chi connectivity index (χ1v) is 7.30. The van der Waals surface area contributed by atoms with Gasteiger partial charge in [0.25, 0.3) is 5.91 Å². The molecule has 0 spiro atoms. The van der Waals surface area contributed by atoms with E-state index in [1.54, 1.807) is 6.20 Å². The first-order valence-electron chi connectivity index (χ1n) is 7.30. The van der Waals surface area contributed by atoms with Crippen molar-refractivity contribution in [2.75, 3.05) is 6.54 Å². The molecule has 0 saturated heterocycles. The molecule has 1 unspecified atom stereocenters. The lowest BCUT2D eigenvalue weighted by Crippen LogP contribution is -2.38. The molecular formula is C16H21ClN4O. The van der Waals surface area contributed by atoms with E-state index in [-0.39, 0.29) is 24.4 Å². The monoisotopic (exact) mass is 320 g/mol. The zero-order valence-corrected chi connectivity index (χ0v) is 13.3. The van der Waals surface area contributed by atoms with Crippen LogP contribution in [0, 0.1) is 12.8 Å². The van der Waals surface area contributed by atoms with E-state index in [1.807, 2.05) is 41.9 Å². The van der Waals surface area contributed by atoms with Crippen molar-refractivity contribution in [2.45, 2.75) is 25.8 Å². The summed E-state index contributed by atoms with van der Waals surface area (Å²) in [5, 5.41) is 7.15. The number of nitrogens with zero attached hydrogens (tertiary/aromatic N) is 2. The zero-order chi connectivity index (χ0) is 14.8. The summed E-state index contributed by atoms with van der Waals surface area (Å²) in [6, 6.07) is 9.45. The summed E-state index contributed by atoms with van der Waals surface area (Å²) in [5.74, 6) is 0.519. The normalized spacial score (nSPS) is 15.0. The molecule has 1 aliphatic carbocycles. The number of hydrogen-bond donors (Lipinski definition) is 2. The lowest BCUT2D eigenvalue weighted by Gasteiger charge is -2.12. The summed E-state index contributed by atoms with van der Waals surface area (Å²) >= 11 is 0. The molecule has 6 heteroatoms. The summed E-state index contributed by atoms with van der Waals surface area (Å²) in [6.07, 6.45) is 4.14. The van der Waals surface area contributed by atoms with Crippen LogP contribution in [0.15, 0.2) is 36.5 Å². The molecule has 1 atom stereocenters. The number of aryl methyl sites for hydroxylation is 1. The van der Waals surface area contributed by atoms with Crippen molar-refractivity contribution in [1.29, 1.82) is 0 Å². The van der Waals surface area contributed by atoms with Crippen molar-refractivity contribution in [3.05, 3.63) is 47.8 Å². The van der Waals surface area contributed by atoms with Gasteiger partial charge in [0.05, 0.1) is 5.69 Å². The van der Waals surface area contributed by atoms with Crippen molar-refractivity contribution < 1.29 is 4.79 Å². The third-order valence-corrected chi connectivity index (χ3v) is 3.93. The number of carbonyl (C=O) groups excluding carboxylic acids is 1. The van der Waals surface area contributed by atoms with Gasteiger partial charge in [-0.2, -0.15) is 5.10 Å². The number of carbonyl (C=O) groups is 1. The Labute approximate surface area is 136 Å². The second kappa shape index (κ2) is 6.94. The predicted molar refractivity (Wildman–Crippen MR) is 88.6 cm³/mol. The molecule has 5 nitrogen and oxygen atoms in total. The number of nitrogens with two attached hydrogens (primary N) is 1. The molecule has 1 amide bonds. The molecule has 1 aromatic carbocycles. The highest BCUT2D eigenvalue weighted by atomic mass is 35.5. The molecule has 2 aromatic rings. The Balaban J connectivity index is 0.00000176. The Morgan fingerprint density at radius 3 is 2.59 bits per heavy atom. The Hall–Kier alpha value is -1.85. The van der Waals surface area contributed by atoms with Crippen LogP contribution in [0.1, 0.15) is 28.9 Å². The third kappa shape index (κ3) is 3.67. The molecule has 1 aliphatic rings. The van der Waals surface area contributed by atoms with Gasteiger partial charge in [0, 0.05) is 30.0 Å². The molecule has 3 rings (SSSR count). The van der Waals surface area contributed by atoms with Crippen LogP contribution in [0.5, 0.6) is 0 Å². The predicted octanol–water partition coefficient (Wildman–Crippen LogP) is 2.07. The SMILES string of the molecule is Cc1ccnn1-c1ccc(C(=O)NCC(N)C2CC2)cc1.Cl. The Kier molecular flexibility index (Phi) is 5.21. The van der Waals surface area contributed by atoms with Crippen LogP contribution < -0.4 is 11.1 Å². The second-order valence-electron chi connectivity index (χ2n) is 5.64. The van der Waals surface area contributed by atoms with E-state index < -0.39 is 0 Å². The lowest BCUT2D eigenvalue weighted by molar-refractivity contribution is 0.0950. The summed E-state index contributed by atoms with van der Waals surface area (Å²) < 4.78 is 1.84. The fourth-order valence-electron chi connectivity index (χ4n) is 2.40. The molecule has 1 saturated carbocycles. The zero-order valence-electron chi connectivity index (χ0n) is 12.5. The number of halogens is 1. The van der Waals surface area contributed by atoms with Gasteiger partial charge in [-0.3, -0.25) is 4.79 Å². The first-order chi connectivity index (χ1) is 10.1. The van der Waals surface area contributed by atoms with Gasteiger partial charge >= 0.3 is 0 Å². The van der Waals surface area contributed by atoms with Crippen molar-refractivity contribution in [1.82, 2.24) is 15.1 Å². The number of benzene rings is 1. The van der Waals surface area contributed by atoms with E-state index in [9.17, 15) is 4.79 Å². The number of hydrogen-bond acceptors (Lipinski definition) is 3. The summed E-state index contributed by atoms with van der Waals surface area (Å²) in [6.45, 7) is 2.54. The molecular weight excluding hydrogens is 300 g/mol. The molecule has 1 aromatic heterocycles. The maximum atomic E-state index is 12.1. The average Bonchev–Trinajstić information content (AvgIpc) is 3.27. The fraction of sp³-hybridized carbons (Fsp3) is 0.375. The van der Waals surface area contributed by atoms with Crippen LogP contribution in [0.2, 0.25) is 0 Å². The smallest absolute Gasteiger partial charge is 0.251 e. The van der Waals surface area contributed by atoms with E-state index in [4.69, 9.17) is 5.73 Å². The molecule has 1 fully saturated rings. The van der Waals surface area contributed by atoms with Crippen LogP contribution in [0.25, 0.3) is 5.69 Å². The molecule has 22 heavy (non-hydrogen) atoms. The van der Waals surface area contributed by atoms with E-state index in [1.165, 1.54) is 12.8 Å². The van der Waals surface area contributed by atoms with Gasteiger partial charge in [-0.15, -0.1) is 12.4 Å². The molecule has 118 valence electrons. The molecule has 3 N–H and O–H groups in total. The van der Waals surface area contributed by atoms with E-state index in [0.29, 0.717) is 18.0 Å². The minimum Gasteiger partial charge on any atom is -0.350 e. The molecule has 0 radical (unpaired) electrons. The van der Waals surface area contributed by atoms with Gasteiger partial charge in [0.15, 0.2) is 0 Å². The van der Waals surface area contributed by atoms with E-state index in [0.717, 1.165) is 11.4 Å². The van der Waals surface area contributed by atoms with Gasteiger partial charge in [0.2, 0.25) is 0 Å². The van der Waals surface area contributed by atoms with Gasteiger partial charge in [-0.1, -0.05) is 0 Å². The van der Waals surface area contributed by atoms with Crippen LogP contribution in [-0.2, 0) is 0 Å². The summed E-state index contributed by atoms with van der Waals surface area (Å²) in [5.41, 5.74) is 8.63. The third-order valence-electron chi connectivity index (χ3n) is 3.93. The minimum absolute atomic E-state index is 0. The standard InChI is InChI=1S/C16H20N4O.ClH/c1-11-8-9-19-20(11)14-6-4-13(5-7-14)16(21)18-10-15(17)12-2-3-12;/h4-9,12,15H,2-3,10,17H2,1H3,(H,18,21);1H. The molecule has 0 aliphatic heterocycles. The van der Waals surface area contributed by atoms with Crippen LogP contribution in [0.3, 0.4) is 0 Å². The van der Waals surface area contributed by atoms with E-state index >= 15 is 0 Å². The summed E-state index contributed by atoms with van der Waals surface area (Å²) in [7, 11) is 0. The number of rotatable bonds is 5. The van der Waals surface area contributed by atoms with Gasteiger partial charge in [-0.25, -0.2) is 4.68 Å². The summed E-state index contributed by atoms with van der Waals surface area (Å²) in [4.78, 5) is 12.1. The first kappa shape index (κ1) is 16.5.